The summed E-state index contributed by atoms with van der Waals surface area (Å²) in [5.41, 5.74) is 2.57. The lowest BCUT2D eigenvalue weighted by molar-refractivity contribution is -0.384. The van der Waals surface area contributed by atoms with E-state index in [1.807, 2.05) is 0 Å². The average Bonchev–Trinajstić information content (AvgIpc) is 2.83. The molecule has 0 atom stereocenters. The molecule has 1 N–H and O–H groups in total. The number of alkyl halides is 1. The fourth-order valence-corrected chi connectivity index (χ4v) is 3.30. The van der Waals surface area contributed by atoms with Crippen molar-refractivity contribution in [1.82, 2.24) is 0 Å². The van der Waals surface area contributed by atoms with Crippen LogP contribution in [0.4, 0.5) is 5.69 Å². The minimum atomic E-state index is -0.457. The second-order valence-corrected chi connectivity index (χ2v) is 7.48. The molecule has 0 bridgehead atoms. The number of rotatable bonds is 10. The van der Waals surface area contributed by atoms with E-state index >= 15 is 0 Å². The summed E-state index contributed by atoms with van der Waals surface area (Å²) >= 11 is 5.75. The zero-order chi connectivity index (χ0) is 23.8. The maximum absolute atomic E-state index is 12.6. The van der Waals surface area contributed by atoms with Gasteiger partial charge in [-0.05, 0) is 71.7 Å². The molecule has 0 amide bonds. The molecular formula is C25H22ClNO6. The van der Waals surface area contributed by atoms with Crippen LogP contribution >= 0.6 is 11.6 Å². The fraction of sp³-hybridized carbons (Fsp3) is 0.160. The lowest BCUT2D eigenvalue weighted by atomic mass is 10.0. The monoisotopic (exact) mass is 467 g/mol. The highest BCUT2D eigenvalue weighted by molar-refractivity contribution is 6.18. The van der Waals surface area contributed by atoms with Crippen LogP contribution in [0.5, 0.6) is 17.2 Å². The summed E-state index contributed by atoms with van der Waals surface area (Å²) in [7, 11) is 1.52. The minimum absolute atomic E-state index is 0.0107. The van der Waals surface area contributed by atoms with E-state index in [0.717, 1.165) is 11.1 Å². The Morgan fingerprint density at radius 1 is 1.09 bits per heavy atom. The first-order valence-electron chi connectivity index (χ1n) is 10.1. The van der Waals surface area contributed by atoms with Crippen molar-refractivity contribution in [2.24, 2.45) is 0 Å². The number of phenolic OH excluding ortho intramolecular Hbond substituents is 1. The van der Waals surface area contributed by atoms with E-state index in [0.29, 0.717) is 34.9 Å². The first-order valence-corrected chi connectivity index (χ1v) is 10.6. The fourth-order valence-electron chi connectivity index (χ4n) is 3.09. The Balaban J connectivity index is 1.73. The Morgan fingerprint density at radius 3 is 2.52 bits per heavy atom. The molecule has 33 heavy (non-hydrogen) atoms. The molecular weight excluding hydrogens is 446 g/mol. The van der Waals surface area contributed by atoms with Crippen molar-refractivity contribution in [2.45, 2.75) is 13.0 Å². The van der Waals surface area contributed by atoms with Crippen molar-refractivity contribution < 1.29 is 24.3 Å². The van der Waals surface area contributed by atoms with E-state index in [1.54, 1.807) is 48.5 Å². The lowest BCUT2D eigenvalue weighted by Crippen LogP contribution is -1.99. The highest BCUT2D eigenvalue weighted by atomic mass is 35.5. The van der Waals surface area contributed by atoms with Crippen LogP contribution in [0.25, 0.3) is 6.08 Å². The third-order valence-electron chi connectivity index (χ3n) is 4.88. The van der Waals surface area contributed by atoms with Gasteiger partial charge in [0.25, 0.3) is 5.69 Å². The van der Waals surface area contributed by atoms with Crippen LogP contribution in [0.2, 0.25) is 0 Å². The Bertz CT molecular complexity index is 1170. The van der Waals surface area contributed by atoms with Crippen LogP contribution < -0.4 is 9.47 Å². The van der Waals surface area contributed by atoms with Crippen LogP contribution in [0.15, 0.2) is 66.7 Å². The Hall–Kier alpha value is -3.84. The highest BCUT2D eigenvalue weighted by Crippen LogP contribution is 2.30. The molecule has 0 aliphatic rings. The molecule has 3 aromatic carbocycles. The van der Waals surface area contributed by atoms with Gasteiger partial charge in [0.15, 0.2) is 17.3 Å². The number of halogens is 1. The standard InChI is InChI=1S/C25H22ClNO6/c1-32-24-11-5-17(4-9-22(28)19-6-10-23(29)20(15-19)12-13-26)14-25(24)33-16-18-2-7-21(8-3-18)27(30)31/h2-11,14-15,29H,12-13,16H2,1H3/b9-4-. The number of hydrogen-bond donors (Lipinski definition) is 1. The molecule has 0 aliphatic carbocycles. The van der Waals surface area contributed by atoms with Crippen LogP contribution in [0, 0.1) is 10.1 Å². The van der Waals surface area contributed by atoms with Gasteiger partial charge in [-0.15, -0.1) is 11.6 Å². The highest BCUT2D eigenvalue weighted by Gasteiger charge is 2.09. The summed E-state index contributed by atoms with van der Waals surface area (Å²) in [6, 6.07) is 16.0. The van der Waals surface area contributed by atoms with Gasteiger partial charge in [0, 0.05) is 23.6 Å². The SMILES string of the molecule is COc1ccc(/C=C\C(=O)c2ccc(O)c(CCCl)c2)cc1OCc1ccc([N+](=O)[O-])cc1. The van der Waals surface area contributed by atoms with E-state index in [1.165, 1.54) is 31.4 Å². The molecule has 0 saturated heterocycles. The Kier molecular flexibility index (Phi) is 8.05. The van der Waals surface area contributed by atoms with Crippen molar-refractivity contribution in [2.75, 3.05) is 13.0 Å². The molecule has 8 heteroatoms. The molecule has 0 fully saturated rings. The smallest absolute Gasteiger partial charge is 0.269 e. The van der Waals surface area contributed by atoms with E-state index < -0.39 is 4.92 Å². The van der Waals surface area contributed by atoms with Crippen LogP contribution in [0.3, 0.4) is 0 Å². The van der Waals surface area contributed by atoms with E-state index in [4.69, 9.17) is 21.1 Å². The van der Waals surface area contributed by atoms with Gasteiger partial charge < -0.3 is 14.6 Å². The quantitative estimate of drug-likeness (QED) is 0.138. The molecule has 0 heterocycles. The maximum Gasteiger partial charge on any atom is 0.269 e. The van der Waals surface area contributed by atoms with E-state index in [9.17, 15) is 20.0 Å². The van der Waals surface area contributed by atoms with Crippen molar-refractivity contribution in [1.29, 1.82) is 0 Å². The number of non-ortho nitro benzene ring substituents is 1. The number of nitrogens with zero attached hydrogens (tertiary/aromatic N) is 1. The van der Waals surface area contributed by atoms with Crippen molar-refractivity contribution in [3.63, 3.8) is 0 Å². The van der Waals surface area contributed by atoms with E-state index in [2.05, 4.69) is 0 Å². The molecule has 3 rings (SSSR count). The molecule has 0 aliphatic heterocycles. The van der Waals surface area contributed by atoms with Gasteiger partial charge in [-0.3, -0.25) is 14.9 Å². The number of methoxy groups -OCH3 is 1. The zero-order valence-electron chi connectivity index (χ0n) is 17.9. The number of carbonyl (C=O) groups excluding carboxylic acids is 1. The van der Waals surface area contributed by atoms with Gasteiger partial charge >= 0.3 is 0 Å². The minimum Gasteiger partial charge on any atom is -0.508 e. The number of benzene rings is 3. The number of nitro benzene ring substituents is 1. The molecule has 0 radical (unpaired) electrons. The lowest BCUT2D eigenvalue weighted by Gasteiger charge is -2.11. The average molecular weight is 468 g/mol. The zero-order valence-corrected chi connectivity index (χ0v) is 18.6. The molecule has 3 aromatic rings. The summed E-state index contributed by atoms with van der Waals surface area (Å²) in [6.07, 6.45) is 3.57. The summed E-state index contributed by atoms with van der Waals surface area (Å²) in [6.45, 7) is 0.192. The predicted octanol–water partition coefficient (Wildman–Crippen LogP) is 5.57. The van der Waals surface area contributed by atoms with Gasteiger partial charge in [0.1, 0.15) is 12.4 Å². The second-order valence-electron chi connectivity index (χ2n) is 7.10. The number of hydrogen-bond acceptors (Lipinski definition) is 6. The van der Waals surface area contributed by atoms with Crippen molar-refractivity contribution in [3.8, 4) is 17.2 Å². The summed E-state index contributed by atoms with van der Waals surface area (Å²) in [5, 5.41) is 20.6. The summed E-state index contributed by atoms with van der Waals surface area (Å²) in [4.78, 5) is 22.9. The van der Waals surface area contributed by atoms with Crippen molar-refractivity contribution in [3.05, 3.63) is 99.1 Å². The largest absolute Gasteiger partial charge is 0.508 e. The van der Waals surface area contributed by atoms with Gasteiger partial charge in [-0.25, -0.2) is 0 Å². The third-order valence-corrected chi connectivity index (χ3v) is 5.07. The first kappa shape index (κ1) is 23.8. The molecule has 0 spiro atoms. The Labute approximate surface area is 196 Å². The maximum atomic E-state index is 12.6. The topological polar surface area (TPSA) is 98.9 Å². The van der Waals surface area contributed by atoms with Crippen LogP contribution in [-0.4, -0.2) is 28.8 Å². The molecule has 0 unspecified atom stereocenters. The number of aryl methyl sites for hydroxylation is 1. The number of ketones is 1. The summed E-state index contributed by atoms with van der Waals surface area (Å²) < 4.78 is 11.2. The Morgan fingerprint density at radius 2 is 1.85 bits per heavy atom. The van der Waals surface area contributed by atoms with Crippen molar-refractivity contribution >= 4 is 29.1 Å². The number of aromatic hydroxyl groups is 1. The molecule has 0 aromatic heterocycles. The normalized spacial score (nSPS) is 10.8. The van der Waals surface area contributed by atoms with Crippen LogP contribution in [-0.2, 0) is 13.0 Å². The molecule has 170 valence electrons. The van der Waals surface area contributed by atoms with Gasteiger partial charge in [-0.2, -0.15) is 0 Å². The van der Waals surface area contributed by atoms with E-state index in [-0.39, 0.29) is 23.8 Å². The number of allylic oxidation sites excluding steroid dienone is 1. The summed E-state index contributed by atoms with van der Waals surface area (Å²) in [5.74, 6) is 1.23. The number of carbonyl (C=O) groups is 1. The molecule has 0 saturated carbocycles. The second kappa shape index (κ2) is 11.2. The van der Waals surface area contributed by atoms with Crippen LogP contribution in [0.1, 0.15) is 27.0 Å². The predicted molar refractivity (Wildman–Crippen MR) is 126 cm³/mol. The third kappa shape index (κ3) is 6.33. The number of nitro groups is 1. The number of ether oxygens (including phenoxy) is 2. The van der Waals surface area contributed by atoms with Gasteiger partial charge in [0.2, 0.25) is 0 Å². The first-order chi connectivity index (χ1) is 15.9. The molecule has 7 nitrogen and oxygen atoms in total. The van der Waals surface area contributed by atoms with Gasteiger partial charge in [0.05, 0.1) is 12.0 Å². The number of phenols is 1. The van der Waals surface area contributed by atoms with Gasteiger partial charge in [-0.1, -0.05) is 12.1 Å².